The minimum Gasteiger partial charge on any atom is -0.351 e. The Morgan fingerprint density at radius 2 is 1.58 bits per heavy atom. The van der Waals surface area contributed by atoms with Crippen molar-refractivity contribution in [3.05, 3.63) is 69.7 Å². The van der Waals surface area contributed by atoms with Crippen molar-refractivity contribution in [2.24, 2.45) is 0 Å². The van der Waals surface area contributed by atoms with Crippen LogP contribution in [0.1, 0.15) is 29.5 Å². The Morgan fingerprint density at radius 3 is 2.27 bits per heavy atom. The van der Waals surface area contributed by atoms with Gasteiger partial charge in [0.25, 0.3) is 0 Å². The summed E-state index contributed by atoms with van der Waals surface area (Å²) in [6, 6.07) is 16.8. The lowest BCUT2D eigenvalue weighted by molar-refractivity contribution is -0.118. The Morgan fingerprint density at radius 1 is 0.962 bits per heavy atom. The van der Waals surface area contributed by atoms with Gasteiger partial charge in [0.1, 0.15) is 0 Å². The Labute approximate surface area is 168 Å². The van der Waals surface area contributed by atoms with E-state index in [0.717, 1.165) is 22.3 Å². The van der Waals surface area contributed by atoms with Gasteiger partial charge >= 0.3 is 0 Å². The van der Waals surface area contributed by atoms with E-state index < -0.39 is 0 Å². The van der Waals surface area contributed by atoms with Crippen molar-refractivity contribution < 1.29 is 4.79 Å². The van der Waals surface area contributed by atoms with Gasteiger partial charge in [0.15, 0.2) is 0 Å². The molecule has 0 saturated carbocycles. The molecule has 1 aliphatic rings. The molecule has 26 heavy (non-hydrogen) atoms. The number of amides is 1. The maximum absolute atomic E-state index is 12.0. The van der Waals surface area contributed by atoms with Gasteiger partial charge in [-0.3, -0.25) is 9.69 Å². The Balaban J connectivity index is 1.35. The van der Waals surface area contributed by atoms with Gasteiger partial charge in [-0.15, -0.1) is 11.8 Å². The molecule has 138 valence electrons. The smallest absolute Gasteiger partial charge is 0.230 e. The van der Waals surface area contributed by atoms with Crippen LogP contribution in [-0.2, 0) is 23.6 Å². The Bertz CT molecular complexity index is 697. The summed E-state index contributed by atoms with van der Waals surface area (Å²) < 4.78 is 1.08. The highest BCUT2D eigenvalue weighted by atomic mass is 79.9. The van der Waals surface area contributed by atoms with Crippen molar-refractivity contribution in [1.29, 1.82) is 0 Å². The third-order valence-corrected chi connectivity index (χ3v) is 6.07. The minimum atomic E-state index is 0.0910. The van der Waals surface area contributed by atoms with Crippen LogP contribution in [0.25, 0.3) is 0 Å². The van der Waals surface area contributed by atoms with Crippen molar-refractivity contribution >= 4 is 33.6 Å². The lowest BCUT2D eigenvalue weighted by Crippen LogP contribution is -2.24. The first kappa shape index (κ1) is 19.5. The van der Waals surface area contributed by atoms with Gasteiger partial charge in [-0.1, -0.05) is 52.3 Å². The van der Waals surface area contributed by atoms with Crippen LogP contribution in [0.5, 0.6) is 0 Å². The summed E-state index contributed by atoms with van der Waals surface area (Å²) in [6.45, 7) is 4.08. The molecule has 0 aliphatic carbocycles. The topological polar surface area (TPSA) is 32.3 Å². The zero-order valence-corrected chi connectivity index (χ0v) is 17.3. The lowest BCUT2D eigenvalue weighted by atomic mass is 10.1. The predicted octanol–water partition coefficient (Wildman–Crippen LogP) is 4.59. The second kappa shape index (κ2) is 10.1. The zero-order chi connectivity index (χ0) is 18.2. The van der Waals surface area contributed by atoms with Gasteiger partial charge in [0, 0.05) is 23.3 Å². The van der Waals surface area contributed by atoms with Gasteiger partial charge in [-0.05, 0) is 54.8 Å². The predicted molar refractivity (Wildman–Crippen MR) is 113 cm³/mol. The zero-order valence-electron chi connectivity index (χ0n) is 14.9. The van der Waals surface area contributed by atoms with Crippen molar-refractivity contribution in [2.75, 3.05) is 18.8 Å². The highest BCUT2D eigenvalue weighted by molar-refractivity contribution is 9.10. The van der Waals surface area contributed by atoms with E-state index in [1.54, 1.807) is 11.8 Å². The number of nitrogens with zero attached hydrogens (tertiary/aromatic N) is 1. The Hall–Kier alpha value is -1.30. The molecule has 5 heteroatoms. The molecule has 3 nitrogen and oxygen atoms in total. The van der Waals surface area contributed by atoms with Crippen molar-refractivity contribution in [3.8, 4) is 0 Å². The fourth-order valence-electron chi connectivity index (χ4n) is 3.06. The molecule has 1 saturated heterocycles. The number of likely N-dealkylation sites (tertiary alicyclic amines) is 1. The van der Waals surface area contributed by atoms with Crippen LogP contribution >= 0.6 is 27.7 Å². The molecule has 1 aliphatic heterocycles. The number of rotatable bonds is 8. The lowest BCUT2D eigenvalue weighted by Gasteiger charge is -2.14. The highest BCUT2D eigenvalue weighted by Crippen LogP contribution is 2.16. The van der Waals surface area contributed by atoms with Crippen LogP contribution < -0.4 is 5.32 Å². The van der Waals surface area contributed by atoms with E-state index in [0.29, 0.717) is 12.3 Å². The van der Waals surface area contributed by atoms with Crippen molar-refractivity contribution in [3.63, 3.8) is 0 Å². The average molecular weight is 433 g/mol. The van der Waals surface area contributed by atoms with Crippen LogP contribution in [0, 0.1) is 0 Å². The number of halogens is 1. The fraction of sp³-hybridized carbons (Fsp3) is 0.381. The highest BCUT2D eigenvalue weighted by Gasteiger charge is 2.11. The molecule has 0 radical (unpaired) electrons. The fourth-order valence-corrected chi connectivity index (χ4v) is 4.14. The summed E-state index contributed by atoms with van der Waals surface area (Å²) >= 11 is 5.07. The summed E-state index contributed by atoms with van der Waals surface area (Å²) in [4.78, 5) is 14.5. The third kappa shape index (κ3) is 6.45. The van der Waals surface area contributed by atoms with Gasteiger partial charge in [-0.2, -0.15) is 0 Å². The normalized spacial score (nSPS) is 14.5. The van der Waals surface area contributed by atoms with E-state index in [1.807, 2.05) is 12.1 Å². The molecule has 1 fully saturated rings. The quantitative estimate of drug-likeness (QED) is 0.661. The molecule has 1 N–H and O–H groups in total. The van der Waals surface area contributed by atoms with Crippen LogP contribution in [0.15, 0.2) is 53.0 Å². The van der Waals surface area contributed by atoms with E-state index >= 15 is 0 Å². The van der Waals surface area contributed by atoms with Crippen LogP contribution in [-0.4, -0.2) is 29.6 Å². The summed E-state index contributed by atoms with van der Waals surface area (Å²) in [6.07, 6.45) is 2.65. The molecule has 1 heterocycles. The SMILES string of the molecule is O=C(CSCc1ccc(Br)cc1)NCc1ccc(CN2CCCC2)cc1. The first-order chi connectivity index (χ1) is 12.7. The molecular formula is C21H25BrN2OS. The van der Waals surface area contributed by atoms with Crippen LogP contribution in [0.4, 0.5) is 0 Å². The molecule has 2 aromatic rings. The molecule has 0 spiro atoms. The standard InChI is InChI=1S/C21H25BrN2OS/c22-20-9-7-19(8-10-20)15-26-16-21(25)23-13-17-3-5-18(6-4-17)14-24-11-1-2-12-24/h3-10H,1-2,11-16H2,(H,23,25). The number of thioether (sulfide) groups is 1. The van der Waals surface area contributed by atoms with Crippen LogP contribution in [0.3, 0.4) is 0 Å². The van der Waals surface area contributed by atoms with Gasteiger partial charge in [-0.25, -0.2) is 0 Å². The van der Waals surface area contributed by atoms with Gasteiger partial charge in [0.05, 0.1) is 5.75 Å². The average Bonchev–Trinajstić information content (AvgIpc) is 3.16. The number of benzene rings is 2. The van der Waals surface area contributed by atoms with E-state index in [1.165, 1.54) is 37.1 Å². The number of carbonyl (C=O) groups excluding carboxylic acids is 1. The van der Waals surface area contributed by atoms with Crippen molar-refractivity contribution in [1.82, 2.24) is 10.2 Å². The maximum atomic E-state index is 12.0. The number of hydrogen-bond donors (Lipinski definition) is 1. The van der Waals surface area contributed by atoms with E-state index in [-0.39, 0.29) is 5.91 Å². The first-order valence-electron chi connectivity index (χ1n) is 9.08. The third-order valence-electron chi connectivity index (χ3n) is 4.53. The second-order valence-corrected chi connectivity index (χ2v) is 8.60. The summed E-state index contributed by atoms with van der Waals surface area (Å²) in [5, 5.41) is 3.01. The molecule has 0 unspecified atom stereocenters. The second-order valence-electron chi connectivity index (χ2n) is 6.70. The maximum Gasteiger partial charge on any atom is 0.230 e. The largest absolute Gasteiger partial charge is 0.351 e. The summed E-state index contributed by atoms with van der Waals surface area (Å²) in [7, 11) is 0. The molecule has 2 aromatic carbocycles. The molecule has 3 rings (SSSR count). The molecule has 1 amide bonds. The number of hydrogen-bond acceptors (Lipinski definition) is 3. The minimum absolute atomic E-state index is 0.0910. The van der Waals surface area contributed by atoms with E-state index in [9.17, 15) is 4.79 Å². The molecule has 0 aromatic heterocycles. The summed E-state index contributed by atoms with van der Waals surface area (Å²) in [5.41, 5.74) is 3.74. The number of nitrogens with one attached hydrogen (secondary N) is 1. The first-order valence-corrected chi connectivity index (χ1v) is 11.0. The Kier molecular flexibility index (Phi) is 7.59. The molecule has 0 atom stereocenters. The van der Waals surface area contributed by atoms with Gasteiger partial charge in [0.2, 0.25) is 5.91 Å². The van der Waals surface area contributed by atoms with E-state index in [2.05, 4.69) is 62.5 Å². The van der Waals surface area contributed by atoms with Crippen LogP contribution in [0.2, 0.25) is 0 Å². The number of carbonyl (C=O) groups is 1. The van der Waals surface area contributed by atoms with E-state index in [4.69, 9.17) is 0 Å². The van der Waals surface area contributed by atoms with Crippen molar-refractivity contribution in [2.45, 2.75) is 31.7 Å². The summed E-state index contributed by atoms with van der Waals surface area (Å²) in [5.74, 6) is 1.43. The monoisotopic (exact) mass is 432 g/mol. The molecular weight excluding hydrogens is 408 g/mol. The van der Waals surface area contributed by atoms with Gasteiger partial charge < -0.3 is 5.32 Å². The molecule has 0 bridgehead atoms.